The molecule has 14 heavy (non-hydrogen) atoms. The quantitative estimate of drug-likeness (QED) is 0.727. The molecule has 1 aliphatic rings. The van der Waals surface area contributed by atoms with Crippen molar-refractivity contribution in [3.05, 3.63) is 0 Å². The van der Waals surface area contributed by atoms with E-state index in [4.69, 9.17) is 0 Å². The summed E-state index contributed by atoms with van der Waals surface area (Å²) in [6.07, 6.45) is 0.727. The van der Waals surface area contributed by atoms with E-state index in [1.165, 1.54) is 11.8 Å². The lowest BCUT2D eigenvalue weighted by molar-refractivity contribution is -0.0434. The molecule has 1 heterocycles. The maximum absolute atomic E-state index is 11.9. The first kappa shape index (κ1) is 12.3. The van der Waals surface area contributed by atoms with Crippen LogP contribution in [0.2, 0.25) is 0 Å². The lowest BCUT2D eigenvalue weighted by atomic mass is 10.6. The van der Waals surface area contributed by atoms with Gasteiger partial charge in [-0.2, -0.15) is 21.6 Å². The smallest absolute Gasteiger partial charge is 0.194 e. The van der Waals surface area contributed by atoms with Crippen LogP contribution in [0.25, 0.3) is 0 Å². The highest BCUT2D eigenvalue weighted by atomic mass is 32.3. The number of thioether (sulfide) groups is 1. The molecule has 0 aromatic carbocycles. The van der Waals surface area contributed by atoms with Gasteiger partial charge in [0.25, 0.3) is 0 Å². The van der Waals surface area contributed by atoms with Crippen molar-refractivity contribution in [3.8, 4) is 0 Å². The molecular formula is C5H8F3NO2S3. The zero-order chi connectivity index (χ0) is 10.8. The van der Waals surface area contributed by atoms with Crippen molar-refractivity contribution in [2.45, 2.75) is 11.9 Å². The van der Waals surface area contributed by atoms with Crippen LogP contribution in [0.15, 0.2) is 3.77 Å². The summed E-state index contributed by atoms with van der Waals surface area (Å²) in [5, 5.41) is 0.384. The summed E-state index contributed by atoms with van der Waals surface area (Å²) in [4.78, 5) is 0. The van der Waals surface area contributed by atoms with E-state index in [2.05, 4.69) is 3.77 Å². The Morgan fingerprint density at radius 3 is 2.43 bits per heavy atom. The predicted molar refractivity (Wildman–Crippen MR) is 51.6 cm³/mol. The Kier molecular flexibility index (Phi) is 3.87. The molecule has 1 saturated heterocycles. The molecule has 0 N–H and O–H groups in total. The van der Waals surface area contributed by atoms with Crippen molar-refractivity contribution < 1.29 is 21.6 Å². The number of halogens is 3. The maximum atomic E-state index is 11.9. The van der Waals surface area contributed by atoms with Gasteiger partial charge in [0, 0.05) is 5.75 Å². The van der Waals surface area contributed by atoms with E-state index in [0.29, 0.717) is 10.8 Å². The number of hydrogen-bond acceptors (Lipinski definition) is 3. The standard InChI is InChI=1S/C5H8F3NO2S3/c6-5(7,8)14(10,11)9-13-3-1-2-12-4-13/h1-4H2. The van der Waals surface area contributed by atoms with Crippen molar-refractivity contribution in [3.63, 3.8) is 0 Å². The van der Waals surface area contributed by atoms with Crippen molar-refractivity contribution in [2.24, 2.45) is 3.77 Å². The molecule has 1 aliphatic heterocycles. The number of rotatable bonds is 1. The maximum Gasteiger partial charge on any atom is 0.519 e. The Labute approximate surface area is 86.6 Å². The van der Waals surface area contributed by atoms with Crippen LogP contribution >= 0.6 is 11.8 Å². The zero-order valence-corrected chi connectivity index (χ0v) is 9.40. The fourth-order valence-electron chi connectivity index (χ4n) is 0.781. The van der Waals surface area contributed by atoms with Crippen LogP contribution in [-0.4, -0.2) is 30.5 Å². The van der Waals surface area contributed by atoms with E-state index in [0.717, 1.165) is 12.2 Å². The van der Waals surface area contributed by atoms with Crippen molar-refractivity contribution in [1.82, 2.24) is 0 Å². The molecule has 1 rings (SSSR count). The Balaban J connectivity index is 2.85. The molecule has 0 aliphatic carbocycles. The minimum atomic E-state index is -5.27. The van der Waals surface area contributed by atoms with Crippen LogP contribution in [0.3, 0.4) is 0 Å². The van der Waals surface area contributed by atoms with Gasteiger partial charge in [-0.1, -0.05) is 10.7 Å². The number of nitrogens with zero attached hydrogens (tertiary/aromatic N) is 1. The summed E-state index contributed by atoms with van der Waals surface area (Å²) < 4.78 is 59.9. The SMILES string of the molecule is O=S(=O)(/N=S1/CCCSC1)C(F)(F)F. The predicted octanol–water partition coefficient (Wildman–Crippen LogP) is 1.73. The second kappa shape index (κ2) is 4.40. The lowest BCUT2D eigenvalue weighted by Crippen LogP contribution is -2.22. The van der Waals surface area contributed by atoms with E-state index < -0.39 is 26.2 Å². The fourth-order valence-corrected chi connectivity index (χ4v) is 5.81. The molecule has 0 spiro atoms. The third-order valence-corrected chi connectivity index (χ3v) is 6.69. The Morgan fingerprint density at radius 1 is 1.36 bits per heavy atom. The second-order valence-electron chi connectivity index (χ2n) is 2.54. The van der Waals surface area contributed by atoms with E-state index >= 15 is 0 Å². The summed E-state index contributed by atoms with van der Waals surface area (Å²) in [6.45, 7) is 0. The topological polar surface area (TPSA) is 46.5 Å². The average Bonchev–Trinajstić information content (AvgIpc) is 2.03. The molecule has 1 unspecified atom stereocenters. The first-order chi connectivity index (χ1) is 6.33. The lowest BCUT2D eigenvalue weighted by Gasteiger charge is -2.13. The van der Waals surface area contributed by atoms with Crippen LogP contribution in [0.5, 0.6) is 0 Å². The first-order valence-corrected chi connectivity index (χ1v) is 7.74. The minimum absolute atomic E-state index is 0.384. The summed E-state index contributed by atoms with van der Waals surface area (Å²) >= 11 is 1.44. The van der Waals surface area contributed by atoms with Crippen LogP contribution in [0, 0.1) is 0 Å². The summed E-state index contributed by atoms with van der Waals surface area (Å²) in [6, 6.07) is 0. The monoisotopic (exact) mass is 267 g/mol. The number of sulfonamides is 1. The average molecular weight is 267 g/mol. The van der Waals surface area contributed by atoms with Crippen molar-refractivity contribution in [1.29, 1.82) is 0 Å². The third kappa shape index (κ3) is 3.13. The van der Waals surface area contributed by atoms with Gasteiger partial charge in [0.1, 0.15) is 0 Å². The van der Waals surface area contributed by atoms with Crippen LogP contribution in [0.1, 0.15) is 6.42 Å². The van der Waals surface area contributed by atoms with Gasteiger partial charge in [0.05, 0.1) is 5.08 Å². The number of hydrogen-bond donors (Lipinski definition) is 0. The summed E-state index contributed by atoms with van der Waals surface area (Å²) in [7, 11) is -6.25. The van der Waals surface area contributed by atoms with Crippen LogP contribution < -0.4 is 0 Å². The second-order valence-corrected chi connectivity index (χ2v) is 7.64. The molecule has 0 amide bonds. The van der Waals surface area contributed by atoms with Gasteiger partial charge in [0.15, 0.2) is 0 Å². The molecule has 0 aromatic rings. The normalized spacial score (nSPS) is 25.2. The Hall–Kier alpha value is 0.240. The van der Waals surface area contributed by atoms with Gasteiger partial charge in [-0.3, -0.25) is 0 Å². The van der Waals surface area contributed by atoms with Gasteiger partial charge < -0.3 is 0 Å². The molecular weight excluding hydrogens is 259 g/mol. The Bertz CT molecular complexity index is 327. The van der Waals surface area contributed by atoms with E-state index in [9.17, 15) is 21.6 Å². The van der Waals surface area contributed by atoms with Gasteiger partial charge >= 0.3 is 15.5 Å². The highest BCUT2D eigenvalue weighted by Gasteiger charge is 2.46. The minimum Gasteiger partial charge on any atom is -0.194 e. The van der Waals surface area contributed by atoms with E-state index in [1.807, 2.05) is 0 Å². The van der Waals surface area contributed by atoms with Crippen molar-refractivity contribution in [2.75, 3.05) is 16.6 Å². The van der Waals surface area contributed by atoms with Crippen LogP contribution in [0.4, 0.5) is 13.2 Å². The molecule has 0 saturated carbocycles. The molecule has 0 bridgehead atoms. The largest absolute Gasteiger partial charge is 0.519 e. The van der Waals surface area contributed by atoms with Crippen LogP contribution in [-0.2, 0) is 20.7 Å². The van der Waals surface area contributed by atoms with E-state index in [1.54, 1.807) is 0 Å². The third-order valence-electron chi connectivity index (χ3n) is 1.38. The van der Waals surface area contributed by atoms with E-state index in [-0.39, 0.29) is 0 Å². The fraction of sp³-hybridized carbons (Fsp3) is 1.00. The molecule has 1 fully saturated rings. The zero-order valence-electron chi connectivity index (χ0n) is 6.95. The molecule has 0 radical (unpaired) electrons. The van der Waals surface area contributed by atoms with Gasteiger partial charge in [-0.05, 0) is 12.2 Å². The summed E-state index contributed by atoms with van der Waals surface area (Å²) in [5.41, 5.74) is -5.25. The molecule has 1 atom stereocenters. The van der Waals surface area contributed by atoms with Crippen molar-refractivity contribution >= 4 is 32.5 Å². The molecule has 0 aromatic heterocycles. The molecule has 9 heteroatoms. The van der Waals surface area contributed by atoms with Gasteiger partial charge in [0.2, 0.25) is 0 Å². The van der Waals surface area contributed by atoms with Gasteiger partial charge in [-0.15, -0.1) is 15.5 Å². The molecule has 3 nitrogen and oxygen atoms in total. The molecule has 84 valence electrons. The number of alkyl halides is 3. The highest BCUT2D eigenvalue weighted by molar-refractivity contribution is 8.13. The summed E-state index contributed by atoms with van der Waals surface area (Å²) in [5.74, 6) is 1.31. The van der Waals surface area contributed by atoms with Gasteiger partial charge in [-0.25, -0.2) is 0 Å². The highest BCUT2D eigenvalue weighted by Crippen LogP contribution is 2.26. The Morgan fingerprint density at radius 2 is 2.00 bits per heavy atom. The first-order valence-electron chi connectivity index (χ1n) is 3.62.